The van der Waals surface area contributed by atoms with Gasteiger partial charge in [0.25, 0.3) is 0 Å². The van der Waals surface area contributed by atoms with Crippen LogP contribution in [0.2, 0.25) is 0 Å². The van der Waals surface area contributed by atoms with Crippen molar-refractivity contribution in [3.8, 4) is 0 Å². The molecule has 0 amide bonds. The maximum atomic E-state index is 12.5. The van der Waals surface area contributed by atoms with Crippen molar-refractivity contribution in [2.45, 2.75) is 83.9 Å². The Morgan fingerprint density at radius 1 is 1.12 bits per heavy atom. The molecule has 1 saturated carbocycles. The molecule has 0 atom stereocenters. The number of aryl methyl sites for hydroxylation is 1. The molecule has 0 spiro atoms. The smallest absolute Gasteiger partial charge is 0.342 e. The Balaban J connectivity index is 1.62. The summed E-state index contributed by atoms with van der Waals surface area (Å²) < 4.78 is 5.40. The number of hydrogen-bond donors (Lipinski definition) is 1. The number of ether oxygens (including phenoxy) is 1. The summed E-state index contributed by atoms with van der Waals surface area (Å²) in [6.07, 6.45) is 8.74. The lowest BCUT2D eigenvalue weighted by Crippen LogP contribution is -2.47. The fraction of sp³-hybridized carbons (Fsp3) is 0.750. The zero-order chi connectivity index (χ0) is 18.5. The van der Waals surface area contributed by atoms with Crippen LogP contribution in [-0.4, -0.2) is 47.4 Å². The van der Waals surface area contributed by atoms with Gasteiger partial charge < -0.3 is 15.0 Å². The van der Waals surface area contributed by atoms with Crippen LogP contribution in [0, 0.1) is 6.92 Å². The van der Waals surface area contributed by atoms with Gasteiger partial charge in [0.05, 0.1) is 11.8 Å². The Bertz CT molecular complexity index is 606. The van der Waals surface area contributed by atoms with Crippen LogP contribution in [0.15, 0.2) is 6.07 Å². The van der Waals surface area contributed by atoms with Gasteiger partial charge in [-0.3, -0.25) is 0 Å². The molecule has 1 aromatic heterocycles. The van der Waals surface area contributed by atoms with E-state index in [1.165, 1.54) is 32.1 Å². The predicted octanol–water partition coefficient (Wildman–Crippen LogP) is 3.24. The number of nitrogens with zero attached hydrogens (tertiary/aromatic N) is 3. The number of carbonyl (C=O) groups is 1. The molecule has 144 valence electrons. The summed E-state index contributed by atoms with van der Waals surface area (Å²) in [5, 5.41) is 12.3. The van der Waals surface area contributed by atoms with Gasteiger partial charge in [0.1, 0.15) is 5.56 Å². The third-order valence-electron chi connectivity index (χ3n) is 5.33. The van der Waals surface area contributed by atoms with Crippen LogP contribution in [-0.2, 0) is 4.74 Å². The van der Waals surface area contributed by atoms with Crippen LogP contribution >= 0.6 is 0 Å². The highest BCUT2D eigenvalue weighted by molar-refractivity contribution is 5.95. The van der Waals surface area contributed by atoms with Crippen molar-refractivity contribution >= 4 is 11.8 Å². The molecule has 2 fully saturated rings. The maximum absolute atomic E-state index is 12.5. The molecular weight excluding hydrogens is 328 g/mol. The van der Waals surface area contributed by atoms with Crippen molar-refractivity contribution in [3.05, 3.63) is 17.3 Å². The van der Waals surface area contributed by atoms with Gasteiger partial charge in [0, 0.05) is 25.2 Å². The van der Waals surface area contributed by atoms with Gasteiger partial charge in [-0.15, -0.1) is 5.10 Å². The molecule has 1 saturated heterocycles. The molecule has 1 aromatic rings. The highest BCUT2D eigenvalue weighted by atomic mass is 16.5. The van der Waals surface area contributed by atoms with Crippen LogP contribution in [0.25, 0.3) is 0 Å². The molecule has 0 aromatic carbocycles. The van der Waals surface area contributed by atoms with Crippen molar-refractivity contribution in [2.75, 3.05) is 18.0 Å². The van der Waals surface area contributed by atoms with Gasteiger partial charge in [-0.2, -0.15) is 5.10 Å². The Labute approximate surface area is 156 Å². The minimum Gasteiger partial charge on any atom is -0.459 e. The molecule has 2 heterocycles. The number of anilines is 1. The molecular formula is C20H32N4O2. The molecule has 0 bridgehead atoms. The summed E-state index contributed by atoms with van der Waals surface area (Å²) >= 11 is 0. The predicted molar refractivity (Wildman–Crippen MR) is 103 cm³/mol. The van der Waals surface area contributed by atoms with Gasteiger partial charge >= 0.3 is 5.97 Å². The van der Waals surface area contributed by atoms with Gasteiger partial charge in [-0.05, 0) is 52.5 Å². The lowest BCUT2D eigenvalue weighted by atomic mass is 9.93. The summed E-state index contributed by atoms with van der Waals surface area (Å²) in [7, 11) is 0. The number of esters is 1. The van der Waals surface area contributed by atoms with E-state index in [0.29, 0.717) is 23.5 Å². The van der Waals surface area contributed by atoms with Crippen molar-refractivity contribution in [1.29, 1.82) is 0 Å². The lowest BCUT2D eigenvalue weighted by molar-refractivity contribution is 0.0377. The molecule has 0 radical (unpaired) electrons. The van der Waals surface area contributed by atoms with Crippen molar-refractivity contribution in [1.82, 2.24) is 15.5 Å². The lowest BCUT2D eigenvalue weighted by Gasteiger charge is -2.36. The number of carbonyl (C=O) groups excluding carboxylic acids is 1. The highest BCUT2D eigenvalue weighted by Crippen LogP contribution is 2.25. The average Bonchev–Trinajstić information content (AvgIpc) is 2.63. The minimum absolute atomic E-state index is 0.144. The van der Waals surface area contributed by atoms with E-state index < -0.39 is 0 Å². The second-order valence-electron chi connectivity index (χ2n) is 7.94. The Morgan fingerprint density at radius 2 is 1.77 bits per heavy atom. The van der Waals surface area contributed by atoms with Crippen molar-refractivity contribution in [3.63, 3.8) is 0 Å². The third-order valence-corrected chi connectivity index (χ3v) is 5.33. The number of piperidine rings is 1. The summed E-state index contributed by atoms with van der Waals surface area (Å²) in [6, 6.07) is 3.05. The Morgan fingerprint density at radius 3 is 2.42 bits per heavy atom. The fourth-order valence-corrected chi connectivity index (χ4v) is 4.00. The standard InChI is InChI=1S/C20H32N4O2/c1-14(2)26-20(25)18-13-15(3)22-23-19(18)24-11-9-17(10-12-24)21-16-7-5-4-6-8-16/h13-14,16-17,21H,4-12H2,1-3H3. The quantitative estimate of drug-likeness (QED) is 0.813. The van der Waals surface area contributed by atoms with Gasteiger partial charge in [-0.25, -0.2) is 4.79 Å². The minimum atomic E-state index is -0.310. The summed E-state index contributed by atoms with van der Waals surface area (Å²) in [4.78, 5) is 14.7. The highest BCUT2D eigenvalue weighted by Gasteiger charge is 2.27. The third kappa shape index (κ3) is 4.93. The van der Waals surface area contributed by atoms with Crippen LogP contribution < -0.4 is 10.2 Å². The molecule has 1 aliphatic heterocycles. The number of rotatable bonds is 5. The molecule has 0 unspecified atom stereocenters. The zero-order valence-electron chi connectivity index (χ0n) is 16.3. The normalized spacial score (nSPS) is 19.8. The molecule has 1 aliphatic carbocycles. The first-order valence-corrected chi connectivity index (χ1v) is 10.1. The van der Waals surface area contributed by atoms with E-state index in [9.17, 15) is 4.79 Å². The SMILES string of the molecule is Cc1cc(C(=O)OC(C)C)c(N2CCC(NC3CCCCC3)CC2)nn1. The average molecular weight is 361 g/mol. The topological polar surface area (TPSA) is 67.3 Å². The number of hydrogen-bond acceptors (Lipinski definition) is 6. The van der Waals surface area contributed by atoms with Crippen LogP contribution in [0.5, 0.6) is 0 Å². The van der Waals surface area contributed by atoms with Gasteiger partial charge in [0.2, 0.25) is 0 Å². The number of nitrogens with one attached hydrogen (secondary N) is 1. The van der Waals surface area contributed by atoms with E-state index in [4.69, 9.17) is 4.74 Å². The van der Waals surface area contributed by atoms with Crippen molar-refractivity contribution in [2.24, 2.45) is 0 Å². The maximum Gasteiger partial charge on any atom is 0.342 e. The van der Waals surface area contributed by atoms with E-state index in [1.54, 1.807) is 6.07 Å². The summed E-state index contributed by atoms with van der Waals surface area (Å²) in [5.74, 6) is 0.354. The van der Waals surface area contributed by atoms with Crippen LogP contribution in [0.3, 0.4) is 0 Å². The van der Waals surface area contributed by atoms with Crippen LogP contribution in [0.4, 0.5) is 5.82 Å². The van der Waals surface area contributed by atoms with E-state index in [0.717, 1.165) is 31.6 Å². The molecule has 26 heavy (non-hydrogen) atoms. The first-order valence-electron chi connectivity index (χ1n) is 10.1. The molecule has 3 rings (SSSR count). The van der Waals surface area contributed by atoms with Crippen LogP contribution in [0.1, 0.15) is 74.8 Å². The van der Waals surface area contributed by atoms with E-state index >= 15 is 0 Å². The van der Waals surface area contributed by atoms with E-state index in [2.05, 4.69) is 20.4 Å². The first-order chi connectivity index (χ1) is 12.5. The monoisotopic (exact) mass is 360 g/mol. The van der Waals surface area contributed by atoms with E-state index in [-0.39, 0.29) is 12.1 Å². The molecule has 6 nitrogen and oxygen atoms in total. The Hall–Kier alpha value is -1.69. The first kappa shape index (κ1) is 19.1. The summed E-state index contributed by atoms with van der Waals surface area (Å²) in [6.45, 7) is 7.36. The molecule has 6 heteroatoms. The Kier molecular flexibility index (Phi) is 6.46. The van der Waals surface area contributed by atoms with Gasteiger partial charge in [-0.1, -0.05) is 19.3 Å². The molecule has 2 aliphatic rings. The van der Waals surface area contributed by atoms with E-state index in [1.807, 2.05) is 20.8 Å². The fourth-order valence-electron chi connectivity index (χ4n) is 4.00. The second-order valence-corrected chi connectivity index (χ2v) is 7.94. The van der Waals surface area contributed by atoms with Gasteiger partial charge in [0.15, 0.2) is 5.82 Å². The second kappa shape index (κ2) is 8.80. The molecule has 1 N–H and O–H groups in total. The van der Waals surface area contributed by atoms with Crippen molar-refractivity contribution < 1.29 is 9.53 Å². The zero-order valence-corrected chi connectivity index (χ0v) is 16.3. The number of aromatic nitrogens is 2. The summed E-state index contributed by atoms with van der Waals surface area (Å²) in [5.41, 5.74) is 1.27. The largest absolute Gasteiger partial charge is 0.459 e.